The molecular formula is C23H26N4O4. The Morgan fingerprint density at radius 3 is 2.32 bits per heavy atom. The summed E-state index contributed by atoms with van der Waals surface area (Å²) in [6, 6.07) is 14.2. The van der Waals surface area contributed by atoms with Gasteiger partial charge in [0.2, 0.25) is 11.8 Å². The van der Waals surface area contributed by atoms with Gasteiger partial charge in [0.15, 0.2) is 11.4 Å². The van der Waals surface area contributed by atoms with Crippen LogP contribution < -0.4 is 5.32 Å². The second-order valence-corrected chi connectivity index (χ2v) is 7.23. The van der Waals surface area contributed by atoms with Gasteiger partial charge in [-0.05, 0) is 24.1 Å². The highest BCUT2D eigenvalue weighted by atomic mass is 16.3. The first-order valence-corrected chi connectivity index (χ1v) is 9.80. The van der Waals surface area contributed by atoms with E-state index in [0.717, 1.165) is 5.56 Å². The number of carbonyl (C=O) groups is 1. The zero-order valence-electron chi connectivity index (χ0n) is 17.9. The number of phenols is 1. The zero-order chi connectivity index (χ0) is 22.7. The van der Waals surface area contributed by atoms with Crippen molar-refractivity contribution in [2.24, 2.45) is 12.0 Å². The largest absolute Gasteiger partial charge is 0.505 e. The summed E-state index contributed by atoms with van der Waals surface area (Å²) in [5.41, 5.74) is 2.16. The maximum atomic E-state index is 12.3. The molecule has 4 N–H and O–H groups in total. The third kappa shape index (κ3) is 4.18. The highest BCUT2D eigenvalue weighted by molar-refractivity contribution is 6.04. The van der Waals surface area contributed by atoms with Crippen molar-refractivity contribution in [1.82, 2.24) is 9.47 Å². The van der Waals surface area contributed by atoms with Gasteiger partial charge in [0.05, 0.1) is 11.3 Å². The molecule has 8 heteroatoms. The summed E-state index contributed by atoms with van der Waals surface area (Å²) in [5.74, 6) is -1.13. The quantitative estimate of drug-likeness (QED) is 0.353. The summed E-state index contributed by atoms with van der Waals surface area (Å²) < 4.78 is 1.19. The summed E-state index contributed by atoms with van der Waals surface area (Å²) in [4.78, 5) is 18.3. The maximum Gasteiger partial charge on any atom is 0.257 e. The molecule has 31 heavy (non-hydrogen) atoms. The van der Waals surface area contributed by atoms with Crippen LogP contribution in [0.5, 0.6) is 17.5 Å². The highest BCUT2D eigenvalue weighted by Gasteiger charge is 2.23. The van der Waals surface area contributed by atoms with Crippen LogP contribution in [0.15, 0.2) is 53.5 Å². The fraction of sp³-hybridized carbons (Fsp3) is 0.217. The minimum absolute atomic E-state index is 0.109. The summed E-state index contributed by atoms with van der Waals surface area (Å²) >= 11 is 0. The van der Waals surface area contributed by atoms with Gasteiger partial charge >= 0.3 is 0 Å². The number of nitrogens with zero attached hydrogens (tertiary/aromatic N) is 3. The fourth-order valence-corrected chi connectivity index (χ4v) is 3.17. The average Bonchev–Trinajstić information content (AvgIpc) is 2.96. The van der Waals surface area contributed by atoms with Gasteiger partial charge in [0.1, 0.15) is 5.69 Å². The number of amides is 1. The Balaban J connectivity index is 2.10. The number of anilines is 2. The molecule has 3 aromatic rings. The number of carbonyl (C=O) groups excluding carboxylic acids is 1. The van der Waals surface area contributed by atoms with Crippen LogP contribution in [0, 0.1) is 0 Å². The van der Waals surface area contributed by atoms with E-state index in [-0.39, 0.29) is 46.0 Å². The van der Waals surface area contributed by atoms with E-state index < -0.39 is 0 Å². The van der Waals surface area contributed by atoms with Crippen molar-refractivity contribution in [2.75, 3.05) is 19.4 Å². The smallest absolute Gasteiger partial charge is 0.257 e. The lowest BCUT2D eigenvalue weighted by Gasteiger charge is -2.15. The molecule has 3 rings (SSSR count). The van der Waals surface area contributed by atoms with Crippen molar-refractivity contribution in [2.45, 2.75) is 13.3 Å². The van der Waals surface area contributed by atoms with E-state index in [4.69, 9.17) is 0 Å². The predicted molar refractivity (Wildman–Crippen MR) is 121 cm³/mol. The van der Waals surface area contributed by atoms with Crippen LogP contribution >= 0.6 is 0 Å². The van der Waals surface area contributed by atoms with Crippen LogP contribution in [0.1, 0.15) is 29.3 Å². The Bertz CT molecular complexity index is 1130. The molecule has 0 radical (unpaired) electrons. The van der Waals surface area contributed by atoms with Crippen molar-refractivity contribution in [3.8, 4) is 17.5 Å². The lowest BCUT2D eigenvalue weighted by molar-refractivity contribution is 0.0824. The predicted octanol–water partition coefficient (Wildman–Crippen LogP) is 4.12. The number of nitrogens with one attached hydrogen (secondary N) is 1. The van der Waals surface area contributed by atoms with Crippen LogP contribution in [0.3, 0.4) is 0 Å². The van der Waals surface area contributed by atoms with E-state index in [9.17, 15) is 20.1 Å². The monoisotopic (exact) mass is 422 g/mol. The number of aliphatic imine (C=N–C) groups is 1. The molecule has 1 aromatic heterocycles. The third-order valence-electron chi connectivity index (χ3n) is 4.93. The van der Waals surface area contributed by atoms with Crippen molar-refractivity contribution >= 4 is 28.7 Å². The number of hydrogen-bond acceptors (Lipinski definition) is 6. The molecule has 2 aromatic carbocycles. The molecule has 0 aliphatic carbocycles. The van der Waals surface area contributed by atoms with Crippen LogP contribution in [-0.4, -0.2) is 50.5 Å². The Hall–Kier alpha value is -3.94. The average molecular weight is 422 g/mol. The summed E-state index contributed by atoms with van der Waals surface area (Å²) in [7, 11) is 4.67. The molecule has 0 saturated carbocycles. The number of aromatic hydroxyl groups is 3. The van der Waals surface area contributed by atoms with E-state index in [2.05, 4.69) is 10.3 Å². The second-order valence-electron chi connectivity index (χ2n) is 7.23. The number of para-hydroxylation sites is 1. The number of phenolic OH excluding ortho intramolecular Hbond substituents is 1. The van der Waals surface area contributed by atoms with Gasteiger partial charge in [0.25, 0.3) is 5.91 Å². The number of benzene rings is 2. The van der Waals surface area contributed by atoms with Gasteiger partial charge < -0.3 is 25.5 Å². The minimum Gasteiger partial charge on any atom is -0.505 e. The number of aromatic nitrogens is 1. The number of rotatable bonds is 6. The van der Waals surface area contributed by atoms with Gasteiger partial charge in [0, 0.05) is 26.9 Å². The molecule has 0 aliphatic rings. The van der Waals surface area contributed by atoms with Gasteiger partial charge in [-0.2, -0.15) is 0 Å². The first-order valence-electron chi connectivity index (χ1n) is 9.80. The van der Waals surface area contributed by atoms with E-state index in [1.54, 1.807) is 26.2 Å². The Morgan fingerprint density at radius 2 is 1.71 bits per heavy atom. The molecule has 162 valence electrons. The van der Waals surface area contributed by atoms with E-state index in [1.807, 2.05) is 37.3 Å². The second kappa shape index (κ2) is 8.83. The van der Waals surface area contributed by atoms with Gasteiger partial charge in [-0.25, -0.2) is 4.99 Å². The van der Waals surface area contributed by atoms with Crippen LogP contribution in [0.4, 0.5) is 17.1 Å². The molecule has 0 bridgehead atoms. The van der Waals surface area contributed by atoms with Crippen molar-refractivity contribution in [1.29, 1.82) is 0 Å². The summed E-state index contributed by atoms with van der Waals surface area (Å²) in [6.45, 7) is 1.95. The lowest BCUT2D eigenvalue weighted by Crippen LogP contribution is -2.21. The van der Waals surface area contributed by atoms with Crippen molar-refractivity contribution in [3.63, 3.8) is 0 Å². The Labute approximate surface area is 180 Å². The molecule has 0 saturated heterocycles. The molecule has 0 spiro atoms. The molecule has 1 amide bonds. The van der Waals surface area contributed by atoms with Crippen molar-refractivity contribution < 1.29 is 20.1 Å². The lowest BCUT2D eigenvalue weighted by atomic mass is 10.1. The van der Waals surface area contributed by atoms with Crippen LogP contribution in [0.2, 0.25) is 0 Å². The summed E-state index contributed by atoms with van der Waals surface area (Å²) in [6.07, 6.45) is 0.594. The normalized spacial score (nSPS) is 11.4. The first kappa shape index (κ1) is 21.8. The van der Waals surface area contributed by atoms with E-state index in [0.29, 0.717) is 12.1 Å². The van der Waals surface area contributed by atoms with Crippen LogP contribution in [0.25, 0.3) is 0 Å². The van der Waals surface area contributed by atoms with E-state index >= 15 is 0 Å². The fourth-order valence-electron chi connectivity index (χ4n) is 3.17. The Morgan fingerprint density at radius 1 is 1.03 bits per heavy atom. The van der Waals surface area contributed by atoms with Gasteiger partial charge in [-0.15, -0.1) is 0 Å². The topological polar surface area (TPSA) is 110 Å². The molecular weight excluding hydrogens is 396 g/mol. The standard InChI is InChI=1S/C23H26N4O4/c1-5-16(14-10-7-6-8-11-14)24-18-19(23(31)27(4)22(18)30)25-17-13-9-12-15(20(17)28)21(29)26(2)3/h6-13,25,28,30-31H,5H2,1-4H3. The Kier molecular flexibility index (Phi) is 6.20. The zero-order valence-corrected chi connectivity index (χ0v) is 17.9. The van der Waals surface area contributed by atoms with Crippen molar-refractivity contribution in [3.05, 3.63) is 59.7 Å². The third-order valence-corrected chi connectivity index (χ3v) is 4.93. The van der Waals surface area contributed by atoms with Gasteiger partial charge in [-0.3, -0.25) is 9.36 Å². The molecule has 0 atom stereocenters. The number of hydrogen-bond donors (Lipinski definition) is 4. The maximum absolute atomic E-state index is 12.3. The molecule has 8 nitrogen and oxygen atoms in total. The molecule has 0 unspecified atom stereocenters. The SMILES string of the molecule is CCC(=Nc1c(Nc2cccc(C(=O)N(C)C)c2O)c(O)n(C)c1O)c1ccccc1. The van der Waals surface area contributed by atoms with Crippen LogP contribution in [-0.2, 0) is 7.05 Å². The minimum atomic E-state index is -0.364. The highest BCUT2D eigenvalue weighted by Crippen LogP contribution is 2.47. The summed E-state index contributed by atoms with van der Waals surface area (Å²) in [5, 5.41) is 34.7. The van der Waals surface area contributed by atoms with E-state index in [1.165, 1.54) is 22.6 Å². The molecule has 0 fully saturated rings. The molecule has 1 heterocycles. The molecule has 0 aliphatic heterocycles. The van der Waals surface area contributed by atoms with Gasteiger partial charge in [-0.1, -0.05) is 43.3 Å². The first-order chi connectivity index (χ1) is 14.8.